The molecule has 29 heavy (non-hydrogen) atoms. The van der Waals surface area contributed by atoms with Crippen molar-refractivity contribution in [3.8, 4) is 0 Å². The molecule has 1 aliphatic rings. The molecule has 152 valence electrons. The summed E-state index contributed by atoms with van der Waals surface area (Å²) in [6, 6.07) is 12.1. The smallest absolute Gasteiger partial charge is 0.243 e. The lowest BCUT2D eigenvalue weighted by Crippen LogP contribution is -2.45. The van der Waals surface area contributed by atoms with E-state index >= 15 is 0 Å². The Hall–Kier alpha value is -2.30. The van der Waals surface area contributed by atoms with Crippen LogP contribution in [0.25, 0.3) is 5.65 Å². The van der Waals surface area contributed by atoms with E-state index < -0.39 is 15.9 Å². The van der Waals surface area contributed by atoms with E-state index in [-0.39, 0.29) is 23.9 Å². The minimum Gasteiger partial charge on any atom is -0.349 e. The molecule has 3 heterocycles. The van der Waals surface area contributed by atoms with Crippen LogP contribution in [0.2, 0.25) is 0 Å². The first-order valence-corrected chi connectivity index (χ1v) is 11.5. The van der Waals surface area contributed by atoms with Crippen LogP contribution in [0.15, 0.2) is 58.0 Å². The first kappa shape index (κ1) is 20.0. The fourth-order valence-electron chi connectivity index (χ4n) is 3.45. The Morgan fingerprint density at radius 3 is 2.76 bits per heavy atom. The molecule has 1 fully saturated rings. The van der Waals surface area contributed by atoms with Crippen LogP contribution in [-0.2, 0) is 21.4 Å². The predicted octanol–water partition coefficient (Wildman–Crippen LogP) is 2.21. The van der Waals surface area contributed by atoms with Crippen LogP contribution < -0.4 is 5.32 Å². The zero-order valence-corrected chi connectivity index (χ0v) is 17.9. The van der Waals surface area contributed by atoms with Gasteiger partial charge in [0.25, 0.3) is 0 Å². The van der Waals surface area contributed by atoms with Gasteiger partial charge in [-0.1, -0.05) is 22.0 Å². The summed E-state index contributed by atoms with van der Waals surface area (Å²) < 4.78 is 29.9. The lowest BCUT2D eigenvalue weighted by Gasteiger charge is -2.31. The molecular weight excluding hydrogens is 458 g/mol. The molecule has 0 radical (unpaired) electrons. The third kappa shape index (κ3) is 4.19. The molecule has 1 atom stereocenters. The molecule has 1 amide bonds. The number of sulfonamides is 1. The molecule has 0 spiro atoms. The van der Waals surface area contributed by atoms with E-state index in [9.17, 15) is 13.2 Å². The molecule has 0 saturated carbocycles. The normalized spacial score (nSPS) is 18.0. The summed E-state index contributed by atoms with van der Waals surface area (Å²) in [6.45, 7) is 0.821. The Bertz CT molecular complexity index is 1130. The van der Waals surface area contributed by atoms with Crippen molar-refractivity contribution in [2.45, 2.75) is 24.3 Å². The van der Waals surface area contributed by atoms with Crippen molar-refractivity contribution < 1.29 is 13.2 Å². The molecule has 1 aliphatic heterocycles. The van der Waals surface area contributed by atoms with Crippen molar-refractivity contribution in [3.05, 3.63) is 59.0 Å². The number of rotatable bonds is 5. The molecule has 1 saturated heterocycles. The summed E-state index contributed by atoms with van der Waals surface area (Å²) in [4.78, 5) is 12.9. The maximum Gasteiger partial charge on any atom is 0.243 e. The highest BCUT2D eigenvalue weighted by atomic mass is 79.9. The molecule has 1 aromatic carbocycles. The Balaban J connectivity index is 1.42. The van der Waals surface area contributed by atoms with Crippen molar-refractivity contribution in [2.24, 2.45) is 5.92 Å². The van der Waals surface area contributed by atoms with Crippen LogP contribution in [0.5, 0.6) is 0 Å². The summed E-state index contributed by atoms with van der Waals surface area (Å²) in [7, 11) is -3.63. The first-order valence-electron chi connectivity index (χ1n) is 9.27. The van der Waals surface area contributed by atoms with E-state index in [1.807, 2.05) is 28.8 Å². The third-order valence-electron chi connectivity index (χ3n) is 5.01. The predicted molar refractivity (Wildman–Crippen MR) is 110 cm³/mol. The summed E-state index contributed by atoms with van der Waals surface area (Å²) >= 11 is 3.31. The van der Waals surface area contributed by atoms with Gasteiger partial charge in [0.2, 0.25) is 15.9 Å². The van der Waals surface area contributed by atoms with Crippen LogP contribution in [0.1, 0.15) is 18.7 Å². The number of halogens is 1. The van der Waals surface area contributed by atoms with Gasteiger partial charge in [0.1, 0.15) is 0 Å². The van der Waals surface area contributed by atoms with Crippen LogP contribution in [0.3, 0.4) is 0 Å². The second kappa shape index (κ2) is 8.21. The lowest BCUT2D eigenvalue weighted by molar-refractivity contribution is -0.126. The Labute approximate surface area is 177 Å². The van der Waals surface area contributed by atoms with Gasteiger partial charge in [0.05, 0.1) is 17.4 Å². The summed E-state index contributed by atoms with van der Waals surface area (Å²) in [6.07, 6.45) is 3.13. The molecular formula is C19H20BrN5O3S. The first-order chi connectivity index (χ1) is 13.9. The van der Waals surface area contributed by atoms with Gasteiger partial charge in [-0.25, -0.2) is 8.42 Å². The van der Waals surface area contributed by atoms with Gasteiger partial charge in [-0.15, -0.1) is 10.2 Å². The number of hydrogen-bond acceptors (Lipinski definition) is 5. The Kier molecular flexibility index (Phi) is 5.66. The van der Waals surface area contributed by atoms with E-state index in [4.69, 9.17) is 0 Å². The highest BCUT2D eigenvalue weighted by molar-refractivity contribution is 9.10. The molecule has 4 rings (SSSR count). The van der Waals surface area contributed by atoms with Gasteiger partial charge in [-0.3, -0.25) is 9.20 Å². The second-order valence-corrected chi connectivity index (χ2v) is 9.77. The molecule has 2 aromatic heterocycles. The van der Waals surface area contributed by atoms with Gasteiger partial charge in [0.15, 0.2) is 11.5 Å². The van der Waals surface area contributed by atoms with Crippen LogP contribution in [-0.4, -0.2) is 46.3 Å². The summed E-state index contributed by atoms with van der Waals surface area (Å²) in [5, 5.41) is 11.0. The van der Waals surface area contributed by atoms with Gasteiger partial charge in [-0.2, -0.15) is 4.31 Å². The highest BCUT2D eigenvalue weighted by Crippen LogP contribution is 2.25. The standard InChI is InChI=1S/C19H20BrN5O3S/c20-15-6-8-16(9-7-15)29(27,28)24-10-3-4-14(13-24)19(26)21-12-18-23-22-17-5-1-2-11-25(17)18/h1-2,5-9,11,14H,3-4,10,12-13H2,(H,21,26). The molecule has 0 aliphatic carbocycles. The molecule has 8 nitrogen and oxygen atoms in total. The van der Waals surface area contributed by atoms with E-state index in [2.05, 4.69) is 31.4 Å². The Morgan fingerprint density at radius 1 is 1.17 bits per heavy atom. The number of nitrogens with zero attached hydrogens (tertiary/aromatic N) is 4. The molecule has 10 heteroatoms. The molecule has 1 N–H and O–H groups in total. The average Bonchev–Trinajstić information content (AvgIpc) is 3.15. The molecule has 3 aromatic rings. The number of carbonyl (C=O) groups excluding carboxylic acids is 1. The topological polar surface area (TPSA) is 96.7 Å². The Morgan fingerprint density at radius 2 is 1.97 bits per heavy atom. The zero-order chi connectivity index (χ0) is 20.4. The maximum atomic E-state index is 12.9. The van der Waals surface area contributed by atoms with Crippen molar-refractivity contribution >= 4 is 37.5 Å². The van der Waals surface area contributed by atoms with Gasteiger partial charge < -0.3 is 5.32 Å². The van der Waals surface area contributed by atoms with Crippen molar-refractivity contribution in [1.82, 2.24) is 24.2 Å². The van der Waals surface area contributed by atoms with Crippen LogP contribution in [0.4, 0.5) is 0 Å². The van der Waals surface area contributed by atoms with Gasteiger partial charge in [-0.05, 0) is 49.2 Å². The minimum absolute atomic E-state index is 0.171. The fraction of sp³-hybridized carbons (Fsp3) is 0.316. The summed E-state index contributed by atoms with van der Waals surface area (Å²) in [5.41, 5.74) is 0.709. The van der Waals surface area contributed by atoms with E-state index in [0.717, 1.165) is 4.47 Å². The van der Waals surface area contributed by atoms with Crippen molar-refractivity contribution in [3.63, 3.8) is 0 Å². The van der Waals surface area contributed by atoms with Gasteiger partial charge in [0, 0.05) is 23.8 Å². The van der Waals surface area contributed by atoms with Crippen molar-refractivity contribution in [2.75, 3.05) is 13.1 Å². The van der Waals surface area contributed by atoms with E-state index in [1.165, 1.54) is 4.31 Å². The minimum atomic E-state index is -3.63. The third-order valence-corrected chi connectivity index (χ3v) is 7.42. The van der Waals surface area contributed by atoms with E-state index in [0.29, 0.717) is 30.9 Å². The van der Waals surface area contributed by atoms with Crippen molar-refractivity contribution in [1.29, 1.82) is 0 Å². The van der Waals surface area contributed by atoms with Crippen LogP contribution >= 0.6 is 15.9 Å². The molecule has 1 unspecified atom stereocenters. The lowest BCUT2D eigenvalue weighted by atomic mass is 9.99. The number of aromatic nitrogens is 3. The fourth-order valence-corrected chi connectivity index (χ4v) is 5.24. The largest absolute Gasteiger partial charge is 0.349 e. The quantitative estimate of drug-likeness (QED) is 0.607. The second-order valence-electron chi connectivity index (χ2n) is 6.92. The zero-order valence-electron chi connectivity index (χ0n) is 15.5. The van der Waals surface area contributed by atoms with E-state index in [1.54, 1.807) is 24.3 Å². The summed E-state index contributed by atoms with van der Waals surface area (Å²) in [5.74, 6) is 0.0608. The number of nitrogens with one attached hydrogen (secondary N) is 1. The number of piperidine rings is 1. The number of hydrogen-bond donors (Lipinski definition) is 1. The number of amides is 1. The number of benzene rings is 1. The number of fused-ring (bicyclic) bond motifs is 1. The van der Waals surface area contributed by atoms with Crippen LogP contribution in [0, 0.1) is 5.92 Å². The maximum absolute atomic E-state index is 12.9. The number of pyridine rings is 1. The van der Waals surface area contributed by atoms with Gasteiger partial charge >= 0.3 is 0 Å². The number of carbonyl (C=O) groups is 1. The average molecular weight is 478 g/mol. The molecule has 0 bridgehead atoms. The SMILES string of the molecule is O=C(NCc1nnc2ccccn12)C1CCCN(S(=O)(=O)c2ccc(Br)cc2)C1. The monoisotopic (exact) mass is 477 g/mol. The highest BCUT2D eigenvalue weighted by Gasteiger charge is 2.33.